The van der Waals surface area contributed by atoms with E-state index in [1.165, 1.54) is 0 Å². The first kappa shape index (κ1) is 12.0. The number of nitrogens with one attached hydrogen (secondary N) is 1. The van der Waals surface area contributed by atoms with Crippen LogP contribution in [0.5, 0.6) is 0 Å². The molecule has 1 heterocycles. The van der Waals surface area contributed by atoms with Crippen LogP contribution in [-0.4, -0.2) is 16.0 Å². The molecule has 0 radical (unpaired) electrons. The average Bonchev–Trinajstić information content (AvgIpc) is 2.13. The molecule has 5 heteroatoms. The second kappa shape index (κ2) is 4.66. The lowest BCUT2D eigenvalue weighted by Gasteiger charge is -2.19. The van der Waals surface area contributed by atoms with E-state index in [4.69, 9.17) is 17.3 Å². The van der Waals surface area contributed by atoms with Gasteiger partial charge in [0, 0.05) is 6.04 Å². The van der Waals surface area contributed by atoms with E-state index in [0.29, 0.717) is 23.1 Å². The van der Waals surface area contributed by atoms with Gasteiger partial charge >= 0.3 is 0 Å². The highest BCUT2D eigenvalue weighted by Gasteiger charge is 2.12. The third-order valence-electron chi connectivity index (χ3n) is 2.47. The highest BCUT2D eigenvalue weighted by Crippen LogP contribution is 2.22. The van der Waals surface area contributed by atoms with Crippen molar-refractivity contribution in [2.24, 2.45) is 5.92 Å². The first-order valence-electron chi connectivity index (χ1n) is 4.98. The van der Waals surface area contributed by atoms with Crippen LogP contribution >= 0.6 is 11.6 Å². The second-order valence-electron chi connectivity index (χ2n) is 4.02. The van der Waals surface area contributed by atoms with Crippen LogP contribution in [0, 0.1) is 12.8 Å². The fraction of sp³-hybridized carbons (Fsp3) is 0.600. The molecule has 0 spiro atoms. The second-order valence-corrected chi connectivity index (χ2v) is 4.36. The maximum atomic E-state index is 5.85. The number of nitrogens with two attached hydrogens (primary N) is 1. The molecule has 0 amide bonds. The van der Waals surface area contributed by atoms with Crippen LogP contribution in [0.1, 0.15) is 26.5 Å². The molecule has 1 atom stereocenters. The molecule has 15 heavy (non-hydrogen) atoms. The number of nitrogens with zero attached hydrogens (tertiary/aromatic N) is 2. The molecule has 0 aliphatic rings. The monoisotopic (exact) mass is 228 g/mol. The van der Waals surface area contributed by atoms with Gasteiger partial charge in [-0.15, -0.1) is 0 Å². The summed E-state index contributed by atoms with van der Waals surface area (Å²) >= 11 is 5.77. The Kier molecular flexibility index (Phi) is 3.74. The van der Waals surface area contributed by atoms with E-state index < -0.39 is 0 Å². The molecule has 4 nitrogen and oxygen atoms in total. The lowest BCUT2D eigenvalue weighted by Crippen LogP contribution is -2.23. The number of hydrogen-bond donors (Lipinski definition) is 2. The topological polar surface area (TPSA) is 63.8 Å². The minimum absolute atomic E-state index is 0.222. The Labute approximate surface area is 95.3 Å². The summed E-state index contributed by atoms with van der Waals surface area (Å²) < 4.78 is 0. The quantitative estimate of drug-likeness (QED) is 0.781. The molecule has 1 aromatic heterocycles. The first-order valence-corrected chi connectivity index (χ1v) is 5.35. The Balaban J connectivity index is 2.94. The lowest BCUT2D eigenvalue weighted by atomic mass is 10.1. The van der Waals surface area contributed by atoms with Crippen molar-refractivity contribution in [3.8, 4) is 0 Å². The Bertz CT molecular complexity index is 352. The van der Waals surface area contributed by atoms with Gasteiger partial charge in [-0.1, -0.05) is 13.8 Å². The summed E-state index contributed by atoms with van der Waals surface area (Å²) in [5, 5.41) is 3.45. The number of nitrogen functional groups attached to an aromatic ring is 1. The zero-order valence-corrected chi connectivity index (χ0v) is 10.3. The van der Waals surface area contributed by atoms with Crippen molar-refractivity contribution in [2.75, 3.05) is 11.1 Å². The molecule has 0 fully saturated rings. The van der Waals surface area contributed by atoms with Gasteiger partial charge in [0.05, 0.1) is 11.4 Å². The average molecular weight is 229 g/mol. The number of aromatic nitrogens is 2. The van der Waals surface area contributed by atoms with E-state index in [0.717, 1.165) is 0 Å². The van der Waals surface area contributed by atoms with Crippen molar-refractivity contribution in [1.82, 2.24) is 9.97 Å². The third-order valence-corrected chi connectivity index (χ3v) is 2.64. The molecule has 0 bridgehead atoms. The number of rotatable bonds is 3. The number of anilines is 2. The summed E-state index contributed by atoms with van der Waals surface area (Å²) in [5.41, 5.74) is 7.12. The van der Waals surface area contributed by atoms with Crippen LogP contribution in [-0.2, 0) is 0 Å². The van der Waals surface area contributed by atoms with E-state index >= 15 is 0 Å². The van der Waals surface area contributed by atoms with Gasteiger partial charge in [-0.2, -0.15) is 4.98 Å². The highest BCUT2D eigenvalue weighted by molar-refractivity contribution is 6.28. The molecule has 3 N–H and O–H groups in total. The summed E-state index contributed by atoms with van der Waals surface area (Å²) in [6.07, 6.45) is 0. The van der Waals surface area contributed by atoms with Gasteiger partial charge < -0.3 is 11.1 Å². The van der Waals surface area contributed by atoms with Crippen molar-refractivity contribution in [3.05, 3.63) is 11.0 Å². The lowest BCUT2D eigenvalue weighted by molar-refractivity contribution is 0.558. The van der Waals surface area contributed by atoms with Crippen molar-refractivity contribution in [2.45, 2.75) is 33.7 Å². The summed E-state index contributed by atoms with van der Waals surface area (Å²) in [4.78, 5) is 8.05. The normalized spacial score (nSPS) is 12.9. The molecule has 0 aromatic carbocycles. The Hall–Kier alpha value is -1.03. The van der Waals surface area contributed by atoms with Gasteiger partial charge in [0.25, 0.3) is 0 Å². The fourth-order valence-electron chi connectivity index (χ4n) is 1.04. The van der Waals surface area contributed by atoms with Crippen LogP contribution in [0.2, 0.25) is 5.28 Å². The molecule has 0 saturated heterocycles. The van der Waals surface area contributed by atoms with Crippen LogP contribution in [0.4, 0.5) is 11.5 Å². The number of aryl methyl sites for hydroxylation is 1. The van der Waals surface area contributed by atoms with Gasteiger partial charge in [0.2, 0.25) is 5.28 Å². The third kappa shape index (κ3) is 2.96. The largest absolute Gasteiger partial charge is 0.394 e. The molecule has 0 aliphatic carbocycles. The minimum Gasteiger partial charge on any atom is -0.394 e. The fourth-order valence-corrected chi connectivity index (χ4v) is 1.25. The molecule has 0 saturated carbocycles. The minimum atomic E-state index is 0.222. The molecule has 1 unspecified atom stereocenters. The van der Waals surface area contributed by atoms with E-state index in [1.54, 1.807) is 0 Å². The summed E-state index contributed by atoms with van der Waals surface area (Å²) in [6.45, 7) is 8.15. The van der Waals surface area contributed by atoms with E-state index in [-0.39, 0.29) is 11.3 Å². The van der Waals surface area contributed by atoms with Gasteiger partial charge in [-0.3, -0.25) is 0 Å². The Morgan fingerprint density at radius 2 is 1.87 bits per heavy atom. The van der Waals surface area contributed by atoms with Gasteiger partial charge in [-0.25, -0.2) is 4.98 Å². The predicted octanol–water partition coefficient (Wildman–Crippen LogP) is 2.48. The number of hydrogen-bond acceptors (Lipinski definition) is 4. The van der Waals surface area contributed by atoms with Crippen molar-refractivity contribution in [3.63, 3.8) is 0 Å². The smallest absolute Gasteiger partial charge is 0.224 e. The first-order chi connectivity index (χ1) is 6.91. The molecular formula is C10H17ClN4. The van der Waals surface area contributed by atoms with Crippen molar-refractivity contribution >= 4 is 23.1 Å². The molecule has 1 rings (SSSR count). The Morgan fingerprint density at radius 3 is 2.40 bits per heavy atom. The van der Waals surface area contributed by atoms with Crippen LogP contribution in [0.3, 0.4) is 0 Å². The predicted molar refractivity (Wildman–Crippen MR) is 64.1 cm³/mol. The molecule has 84 valence electrons. The van der Waals surface area contributed by atoms with E-state index in [9.17, 15) is 0 Å². The maximum absolute atomic E-state index is 5.85. The highest BCUT2D eigenvalue weighted by atomic mass is 35.5. The van der Waals surface area contributed by atoms with Gasteiger partial charge in [0.15, 0.2) is 5.82 Å². The van der Waals surface area contributed by atoms with Gasteiger partial charge in [-0.05, 0) is 31.4 Å². The SMILES string of the molecule is Cc1nc(Cl)nc(NC(C)C(C)C)c1N. The molecular weight excluding hydrogens is 212 g/mol. The summed E-state index contributed by atoms with van der Waals surface area (Å²) in [7, 11) is 0. The maximum Gasteiger partial charge on any atom is 0.224 e. The molecule has 1 aromatic rings. The summed E-state index contributed by atoms with van der Waals surface area (Å²) in [6, 6.07) is 0.290. The zero-order chi connectivity index (χ0) is 11.6. The van der Waals surface area contributed by atoms with Crippen LogP contribution in [0.15, 0.2) is 0 Å². The van der Waals surface area contributed by atoms with E-state index in [1.807, 2.05) is 6.92 Å². The summed E-state index contributed by atoms with van der Waals surface area (Å²) in [5.74, 6) is 1.12. The van der Waals surface area contributed by atoms with Crippen LogP contribution in [0.25, 0.3) is 0 Å². The van der Waals surface area contributed by atoms with Crippen molar-refractivity contribution < 1.29 is 0 Å². The van der Waals surface area contributed by atoms with E-state index in [2.05, 4.69) is 36.1 Å². The standard InChI is InChI=1S/C10H17ClN4/c1-5(2)6(3)13-9-8(12)7(4)14-10(11)15-9/h5-6H,12H2,1-4H3,(H,13,14,15). The van der Waals surface area contributed by atoms with Crippen molar-refractivity contribution in [1.29, 1.82) is 0 Å². The Morgan fingerprint density at radius 1 is 1.27 bits per heavy atom. The zero-order valence-electron chi connectivity index (χ0n) is 9.50. The van der Waals surface area contributed by atoms with Gasteiger partial charge in [0.1, 0.15) is 0 Å². The van der Waals surface area contributed by atoms with Crippen LogP contribution < -0.4 is 11.1 Å². The number of halogens is 1. The molecule has 0 aliphatic heterocycles.